The molecule has 0 spiro atoms. The van der Waals surface area contributed by atoms with E-state index in [1.54, 1.807) is 13.1 Å². The first-order valence-electron chi connectivity index (χ1n) is 8.26. The molecule has 1 aromatic carbocycles. The lowest BCUT2D eigenvalue weighted by atomic mass is 10.2. The number of imidazole rings is 1. The molecule has 0 aliphatic rings. The Bertz CT molecular complexity index is 715. The van der Waals surface area contributed by atoms with Gasteiger partial charge in [-0.1, -0.05) is 30.0 Å². The van der Waals surface area contributed by atoms with Crippen LogP contribution in [-0.4, -0.2) is 40.3 Å². The van der Waals surface area contributed by atoms with Gasteiger partial charge in [0.25, 0.3) is 0 Å². The maximum Gasteiger partial charge on any atom is 0.305 e. The SMILES string of the molecule is CCOC(=O)CCCNC(=O)CSc1nccn1-c1ccccc1C. The number of benzene rings is 1. The van der Waals surface area contributed by atoms with Crippen LogP contribution in [0.1, 0.15) is 25.3 Å². The van der Waals surface area contributed by atoms with E-state index in [4.69, 9.17) is 4.74 Å². The van der Waals surface area contributed by atoms with Crippen molar-refractivity contribution in [2.45, 2.75) is 31.8 Å². The second kappa shape index (κ2) is 9.88. The monoisotopic (exact) mass is 361 g/mol. The molecule has 0 aliphatic carbocycles. The van der Waals surface area contributed by atoms with E-state index in [2.05, 4.69) is 10.3 Å². The highest BCUT2D eigenvalue weighted by Gasteiger charge is 2.10. The van der Waals surface area contributed by atoms with Crippen LogP contribution >= 0.6 is 11.8 Å². The molecule has 2 rings (SSSR count). The summed E-state index contributed by atoms with van der Waals surface area (Å²) in [6, 6.07) is 8.04. The largest absolute Gasteiger partial charge is 0.466 e. The summed E-state index contributed by atoms with van der Waals surface area (Å²) < 4.78 is 6.82. The number of hydrogen-bond acceptors (Lipinski definition) is 5. The van der Waals surface area contributed by atoms with Crippen LogP contribution in [0.2, 0.25) is 0 Å². The summed E-state index contributed by atoms with van der Waals surface area (Å²) in [6.07, 6.45) is 4.51. The van der Waals surface area contributed by atoms with Crippen molar-refractivity contribution in [3.05, 3.63) is 42.2 Å². The van der Waals surface area contributed by atoms with Crippen LogP contribution in [0.4, 0.5) is 0 Å². The summed E-state index contributed by atoms with van der Waals surface area (Å²) >= 11 is 1.39. The van der Waals surface area contributed by atoms with Crippen LogP contribution in [0.25, 0.3) is 5.69 Å². The molecule has 0 atom stereocenters. The van der Waals surface area contributed by atoms with Gasteiger partial charge in [0.15, 0.2) is 5.16 Å². The zero-order valence-corrected chi connectivity index (χ0v) is 15.3. The van der Waals surface area contributed by atoms with Crippen molar-refractivity contribution in [3.8, 4) is 5.69 Å². The molecule has 134 valence electrons. The number of carbonyl (C=O) groups excluding carboxylic acids is 2. The van der Waals surface area contributed by atoms with Gasteiger partial charge in [-0.05, 0) is 31.9 Å². The van der Waals surface area contributed by atoms with Crippen LogP contribution in [0.15, 0.2) is 41.8 Å². The molecule has 0 saturated carbocycles. The number of aromatic nitrogens is 2. The van der Waals surface area contributed by atoms with Gasteiger partial charge in [0.05, 0.1) is 18.0 Å². The smallest absolute Gasteiger partial charge is 0.305 e. The van der Waals surface area contributed by atoms with E-state index in [-0.39, 0.29) is 17.6 Å². The fraction of sp³-hybridized carbons (Fsp3) is 0.389. The fourth-order valence-electron chi connectivity index (χ4n) is 2.29. The summed E-state index contributed by atoms with van der Waals surface area (Å²) in [7, 11) is 0. The number of ether oxygens (including phenoxy) is 1. The van der Waals surface area contributed by atoms with Gasteiger partial charge in [-0.2, -0.15) is 0 Å². The van der Waals surface area contributed by atoms with Gasteiger partial charge in [-0.3, -0.25) is 14.2 Å². The first kappa shape index (κ1) is 19.1. The van der Waals surface area contributed by atoms with E-state index in [1.807, 2.05) is 42.0 Å². The standard InChI is InChI=1S/C18H23N3O3S/c1-3-24-17(23)9-6-10-19-16(22)13-25-18-20-11-12-21(18)15-8-5-4-7-14(15)2/h4-5,7-8,11-12H,3,6,9-10,13H2,1-2H3,(H,19,22). The number of para-hydroxylation sites is 1. The Kier molecular flexibility index (Phi) is 7.53. The third kappa shape index (κ3) is 5.94. The molecule has 7 heteroatoms. The number of amides is 1. The average molecular weight is 361 g/mol. The second-order valence-electron chi connectivity index (χ2n) is 5.41. The highest BCUT2D eigenvalue weighted by atomic mass is 32.2. The summed E-state index contributed by atoms with van der Waals surface area (Å²) in [5.41, 5.74) is 2.20. The molecule has 1 N–H and O–H groups in total. The van der Waals surface area contributed by atoms with E-state index < -0.39 is 0 Å². The highest BCUT2D eigenvalue weighted by Crippen LogP contribution is 2.22. The zero-order valence-electron chi connectivity index (χ0n) is 14.5. The van der Waals surface area contributed by atoms with Crippen LogP contribution in [0.3, 0.4) is 0 Å². The molecule has 0 unspecified atom stereocenters. The molecule has 0 bridgehead atoms. The average Bonchev–Trinajstić information content (AvgIpc) is 3.06. The number of hydrogen-bond donors (Lipinski definition) is 1. The normalized spacial score (nSPS) is 10.5. The highest BCUT2D eigenvalue weighted by molar-refractivity contribution is 7.99. The fourth-order valence-corrected chi connectivity index (χ4v) is 3.08. The van der Waals surface area contributed by atoms with Crippen molar-refractivity contribution < 1.29 is 14.3 Å². The molecule has 1 amide bonds. The van der Waals surface area contributed by atoms with Crippen LogP contribution in [0, 0.1) is 6.92 Å². The maximum absolute atomic E-state index is 11.9. The molecule has 0 saturated heterocycles. The summed E-state index contributed by atoms with van der Waals surface area (Å²) in [4.78, 5) is 27.5. The number of aryl methyl sites for hydroxylation is 1. The summed E-state index contributed by atoms with van der Waals surface area (Å²) in [5, 5.41) is 3.58. The number of thioether (sulfide) groups is 1. The Hall–Kier alpha value is -2.28. The third-order valence-corrected chi connectivity index (χ3v) is 4.47. The van der Waals surface area contributed by atoms with Crippen molar-refractivity contribution in [2.24, 2.45) is 0 Å². The molecule has 0 fully saturated rings. The molecule has 1 aromatic heterocycles. The summed E-state index contributed by atoms with van der Waals surface area (Å²) in [5.74, 6) is -0.0259. The van der Waals surface area contributed by atoms with Gasteiger partial charge in [0.1, 0.15) is 0 Å². The minimum absolute atomic E-state index is 0.0757. The molecule has 0 radical (unpaired) electrons. The van der Waals surface area contributed by atoms with Gasteiger partial charge in [0.2, 0.25) is 5.91 Å². The van der Waals surface area contributed by atoms with Gasteiger partial charge >= 0.3 is 5.97 Å². The zero-order chi connectivity index (χ0) is 18.1. The van der Waals surface area contributed by atoms with Gasteiger partial charge in [-0.25, -0.2) is 4.98 Å². The van der Waals surface area contributed by atoms with Crippen molar-refractivity contribution in [1.82, 2.24) is 14.9 Å². The Balaban J connectivity index is 1.79. The number of rotatable bonds is 9. The van der Waals surface area contributed by atoms with Crippen molar-refractivity contribution >= 4 is 23.6 Å². The number of carbonyl (C=O) groups is 2. The van der Waals surface area contributed by atoms with Crippen LogP contribution < -0.4 is 5.32 Å². The van der Waals surface area contributed by atoms with Gasteiger partial charge in [0, 0.05) is 25.4 Å². The van der Waals surface area contributed by atoms with Crippen molar-refractivity contribution in [2.75, 3.05) is 18.9 Å². The Morgan fingerprint density at radius 3 is 2.88 bits per heavy atom. The van der Waals surface area contributed by atoms with E-state index >= 15 is 0 Å². The van der Waals surface area contributed by atoms with E-state index in [0.717, 1.165) is 16.4 Å². The first-order chi connectivity index (χ1) is 12.1. The molecule has 2 aromatic rings. The minimum atomic E-state index is -0.230. The van der Waals surface area contributed by atoms with E-state index in [0.29, 0.717) is 26.0 Å². The molecule has 0 aliphatic heterocycles. The van der Waals surface area contributed by atoms with Crippen LogP contribution in [-0.2, 0) is 14.3 Å². The molecular weight excluding hydrogens is 338 g/mol. The number of nitrogens with zero attached hydrogens (tertiary/aromatic N) is 2. The quantitative estimate of drug-likeness (QED) is 0.422. The van der Waals surface area contributed by atoms with E-state index in [1.165, 1.54) is 11.8 Å². The lowest BCUT2D eigenvalue weighted by molar-refractivity contribution is -0.143. The Labute approximate surface area is 152 Å². The lowest BCUT2D eigenvalue weighted by Gasteiger charge is -2.10. The Morgan fingerprint density at radius 2 is 2.12 bits per heavy atom. The number of esters is 1. The van der Waals surface area contributed by atoms with Crippen LogP contribution in [0.5, 0.6) is 0 Å². The predicted molar refractivity (Wildman–Crippen MR) is 97.9 cm³/mol. The molecule has 1 heterocycles. The summed E-state index contributed by atoms with van der Waals surface area (Å²) in [6.45, 7) is 4.66. The molecule has 6 nitrogen and oxygen atoms in total. The first-order valence-corrected chi connectivity index (χ1v) is 9.25. The predicted octanol–water partition coefficient (Wildman–Crippen LogP) is 2.73. The molecule has 25 heavy (non-hydrogen) atoms. The van der Waals surface area contributed by atoms with Crippen molar-refractivity contribution in [1.29, 1.82) is 0 Å². The van der Waals surface area contributed by atoms with Gasteiger partial charge < -0.3 is 10.1 Å². The Morgan fingerprint density at radius 1 is 1.32 bits per heavy atom. The molecular formula is C18H23N3O3S. The number of nitrogens with one attached hydrogen (secondary N) is 1. The minimum Gasteiger partial charge on any atom is -0.466 e. The van der Waals surface area contributed by atoms with E-state index in [9.17, 15) is 9.59 Å². The maximum atomic E-state index is 11.9. The van der Waals surface area contributed by atoms with Gasteiger partial charge in [-0.15, -0.1) is 0 Å². The lowest BCUT2D eigenvalue weighted by Crippen LogP contribution is -2.26. The second-order valence-corrected chi connectivity index (χ2v) is 6.36. The topological polar surface area (TPSA) is 73.2 Å². The van der Waals surface area contributed by atoms with Crippen molar-refractivity contribution in [3.63, 3.8) is 0 Å². The third-order valence-electron chi connectivity index (χ3n) is 3.50.